The monoisotopic (exact) mass is 354 g/mol. The van der Waals surface area contributed by atoms with E-state index in [2.05, 4.69) is 69.3 Å². The van der Waals surface area contributed by atoms with E-state index in [0.717, 1.165) is 0 Å². The highest BCUT2D eigenvalue weighted by Gasteiger charge is 2.19. The number of rotatable bonds is 11. The summed E-state index contributed by atoms with van der Waals surface area (Å²) in [5.74, 6) is 0. The van der Waals surface area contributed by atoms with Gasteiger partial charge in [0.05, 0.1) is 0 Å². The zero-order valence-electron chi connectivity index (χ0n) is 16.4. The van der Waals surface area contributed by atoms with Crippen LogP contribution in [0.5, 0.6) is 0 Å². The largest absolute Gasteiger partial charge is 0.0654 e. The second-order valence-corrected chi connectivity index (χ2v) is 9.24. The second kappa shape index (κ2) is 11.5. The van der Waals surface area contributed by atoms with Gasteiger partial charge in [-0.05, 0) is 67.9 Å². The molecule has 0 saturated heterocycles. The van der Waals surface area contributed by atoms with Crippen molar-refractivity contribution in [3.05, 3.63) is 59.7 Å². The van der Waals surface area contributed by atoms with Crippen LogP contribution in [0.15, 0.2) is 48.5 Å². The first kappa shape index (κ1) is 20.2. The van der Waals surface area contributed by atoms with Gasteiger partial charge in [-0.3, -0.25) is 0 Å². The Balaban J connectivity index is 2.40. The summed E-state index contributed by atoms with van der Waals surface area (Å²) in [6.45, 7) is 6.91. The summed E-state index contributed by atoms with van der Waals surface area (Å²) in [5, 5.41) is 3.28. The van der Waals surface area contributed by atoms with Gasteiger partial charge in [-0.15, -0.1) is 0 Å². The number of hydrogen-bond donors (Lipinski definition) is 0. The van der Waals surface area contributed by atoms with Crippen LogP contribution in [-0.4, -0.2) is 6.16 Å². The van der Waals surface area contributed by atoms with Gasteiger partial charge in [0.1, 0.15) is 0 Å². The van der Waals surface area contributed by atoms with Crippen molar-refractivity contribution in [1.82, 2.24) is 0 Å². The molecular formula is C24H35P. The van der Waals surface area contributed by atoms with E-state index in [1.807, 2.05) is 0 Å². The third-order valence-electron chi connectivity index (χ3n) is 4.90. The van der Waals surface area contributed by atoms with Crippen LogP contribution in [0.1, 0.15) is 70.4 Å². The molecule has 136 valence electrons. The van der Waals surface area contributed by atoms with Gasteiger partial charge in [0.2, 0.25) is 0 Å². The molecule has 0 unspecified atom stereocenters. The molecule has 0 spiro atoms. The minimum Gasteiger partial charge on any atom is -0.0654 e. The average molecular weight is 355 g/mol. The Morgan fingerprint density at radius 1 is 0.600 bits per heavy atom. The lowest BCUT2D eigenvalue weighted by Crippen LogP contribution is -2.21. The second-order valence-electron chi connectivity index (χ2n) is 6.97. The highest BCUT2D eigenvalue weighted by molar-refractivity contribution is 7.73. The molecule has 1 heteroatoms. The summed E-state index contributed by atoms with van der Waals surface area (Å²) in [7, 11) is -0.231. The van der Waals surface area contributed by atoms with E-state index in [-0.39, 0.29) is 7.92 Å². The molecule has 2 rings (SSSR count). The van der Waals surface area contributed by atoms with Gasteiger partial charge in [-0.2, -0.15) is 0 Å². The lowest BCUT2D eigenvalue weighted by molar-refractivity contribution is 0.797. The molecule has 0 fully saturated rings. The molecule has 0 atom stereocenters. The molecule has 0 radical (unpaired) electrons. The van der Waals surface area contributed by atoms with E-state index in [9.17, 15) is 0 Å². The Morgan fingerprint density at radius 2 is 1.04 bits per heavy atom. The number of hydrogen-bond acceptors (Lipinski definition) is 0. The molecule has 0 N–H and O–H groups in total. The quantitative estimate of drug-likeness (QED) is 0.399. The fourth-order valence-corrected chi connectivity index (χ4v) is 6.36. The van der Waals surface area contributed by atoms with E-state index in [1.165, 1.54) is 57.5 Å². The molecule has 25 heavy (non-hydrogen) atoms. The lowest BCUT2D eigenvalue weighted by atomic mass is 10.1. The fraction of sp³-hybridized carbons (Fsp3) is 0.500. The fourth-order valence-electron chi connectivity index (χ4n) is 3.39. The van der Waals surface area contributed by atoms with Crippen molar-refractivity contribution >= 4 is 18.5 Å². The standard InChI is InChI=1S/C24H35P/c1-4-7-14-21-16-10-12-18-23(21)25(20-9-6-3)24-19-13-11-17-22(24)15-8-5-2/h10-13,16-19H,4-9,14-15,20H2,1-3H3. The third kappa shape index (κ3) is 5.96. The van der Waals surface area contributed by atoms with Crippen molar-refractivity contribution in [3.8, 4) is 0 Å². The SMILES string of the molecule is CCCCc1ccccc1P(CCCC)c1ccccc1CCCC. The summed E-state index contributed by atoms with van der Waals surface area (Å²) < 4.78 is 0. The third-order valence-corrected chi connectivity index (χ3v) is 7.70. The van der Waals surface area contributed by atoms with Gasteiger partial charge in [0.25, 0.3) is 0 Å². The van der Waals surface area contributed by atoms with E-state index in [1.54, 1.807) is 21.7 Å². The molecule has 0 aromatic heterocycles. The van der Waals surface area contributed by atoms with Crippen LogP contribution < -0.4 is 10.6 Å². The van der Waals surface area contributed by atoms with Crippen LogP contribution in [0.25, 0.3) is 0 Å². The highest BCUT2D eigenvalue weighted by atomic mass is 31.1. The molecule has 0 saturated carbocycles. The average Bonchev–Trinajstić information content (AvgIpc) is 2.66. The van der Waals surface area contributed by atoms with Crippen molar-refractivity contribution in [3.63, 3.8) is 0 Å². The van der Waals surface area contributed by atoms with E-state index in [4.69, 9.17) is 0 Å². The summed E-state index contributed by atoms with van der Waals surface area (Å²) in [6, 6.07) is 18.5. The first-order valence-corrected chi connectivity index (χ1v) is 11.8. The molecule has 0 aliphatic carbocycles. The molecule has 2 aromatic rings. The molecule has 2 aromatic carbocycles. The Morgan fingerprint density at radius 3 is 1.48 bits per heavy atom. The maximum absolute atomic E-state index is 2.42. The van der Waals surface area contributed by atoms with Crippen LogP contribution in [0.2, 0.25) is 0 Å². The molecular weight excluding hydrogens is 319 g/mol. The maximum Gasteiger partial charge on any atom is -0.0163 e. The smallest absolute Gasteiger partial charge is 0.0163 e. The minimum atomic E-state index is -0.231. The lowest BCUT2D eigenvalue weighted by Gasteiger charge is -2.24. The van der Waals surface area contributed by atoms with Crippen LogP contribution in [0.3, 0.4) is 0 Å². The van der Waals surface area contributed by atoms with Crippen LogP contribution in [0, 0.1) is 0 Å². The molecule has 0 nitrogen and oxygen atoms in total. The maximum atomic E-state index is 2.42. The van der Waals surface area contributed by atoms with Crippen molar-refractivity contribution in [2.75, 3.05) is 6.16 Å². The Bertz CT molecular complexity index is 565. The van der Waals surface area contributed by atoms with Crippen LogP contribution in [0.4, 0.5) is 0 Å². The summed E-state index contributed by atoms with van der Waals surface area (Å²) in [5.41, 5.74) is 3.19. The van der Waals surface area contributed by atoms with Crippen LogP contribution in [-0.2, 0) is 12.8 Å². The van der Waals surface area contributed by atoms with Crippen molar-refractivity contribution < 1.29 is 0 Å². The van der Waals surface area contributed by atoms with E-state index in [0.29, 0.717) is 0 Å². The van der Waals surface area contributed by atoms with Gasteiger partial charge >= 0.3 is 0 Å². The molecule has 0 aliphatic rings. The zero-order chi connectivity index (χ0) is 17.9. The van der Waals surface area contributed by atoms with E-state index >= 15 is 0 Å². The van der Waals surface area contributed by atoms with Crippen molar-refractivity contribution in [2.45, 2.75) is 72.1 Å². The van der Waals surface area contributed by atoms with E-state index < -0.39 is 0 Å². The summed E-state index contributed by atoms with van der Waals surface area (Å²) in [4.78, 5) is 0. The van der Waals surface area contributed by atoms with Crippen molar-refractivity contribution in [2.24, 2.45) is 0 Å². The van der Waals surface area contributed by atoms with Gasteiger partial charge in [0, 0.05) is 0 Å². The Hall–Kier alpha value is -1.13. The number of aryl methyl sites for hydroxylation is 2. The number of benzene rings is 2. The molecule has 0 aliphatic heterocycles. The summed E-state index contributed by atoms with van der Waals surface area (Å²) in [6.07, 6.45) is 11.5. The normalized spacial score (nSPS) is 11.2. The Labute approximate surface area is 156 Å². The van der Waals surface area contributed by atoms with Gasteiger partial charge < -0.3 is 0 Å². The van der Waals surface area contributed by atoms with Gasteiger partial charge in [0.15, 0.2) is 0 Å². The van der Waals surface area contributed by atoms with Gasteiger partial charge in [-0.1, -0.05) is 88.6 Å². The first-order valence-electron chi connectivity index (χ1n) is 10.2. The molecule has 0 amide bonds. The zero-order valence-corrected chi connectivity index (χ0v) is 17.3. The first-order chi connectivity index (χ1) is 12.3. The topological polar surface area (TPSA) is 0 Å². The molecule has 0 bridgehead atoms. The predicted octanol–water partition coefficient (Wildman–Crippen LogP) is 6.60. The highest BCUT2D eigenvalue weighted by Crippen LogP contribution is 2.38. The van der Waals surface area contributed by atoms with Crippen LogP contribution >= 0.6 is 7.92 Å². The number of unbranched alkanes of at least 4 members (excludes halogenated alkanes) is 3. The minimum absolute atomic E-state index is 0.231. The van der Waals surface area contributed by atoms with Gasteiger partial charge in [-0.25, -0.2) is 0 Å². The summed E-state index contributed by atoms with van der Waals surface area (Å²) >= 11 is 0. The Kier molecular flexibility index (Phi) is 9.27. The van der Waals surface area contributed by atoms with Crippen molar-refractivity contribution in [1.29, 1.82) is 0 Å². The predicted molar refractivity (Wildman–Crippen MR) is 116 cm³/mol. The molecule has 0 heterocycles.